The number of hydrogen-bond donors (Lipinski definition) is 5. The molecule has 125 valence electrons. The summed E-state index contributed by atoms with van der Waals surface area (Å²) in [6.45, 7) is 0. The molecule has 1 heterocycles. The van der Waals surface area contributed by atoms with E-state index < -0.39 is 24.0 Å². The van der Waals surface area contributed by atoms with Crippen molar-refractivity contribution in [2.24, 2.45) is 11.5 Å². The third kappa shape index (κ3) is 11.3. The molecule has 1 radical (unpaired) electrons. The van der Waals surface area contributed by atoms with Gasteiger partial charge >= 0.3 is 11.9 Å². The molecule has 1 aromatic heterocycles. The molecule has 0 spiro atoms. The van der Waals surface area contributed by atoms with Crippen molar-refractivity contribution in [1.82, 2.24) is 9.97 Å². The van der Waals surface area contributed by atoms with Gasteiger partial charge in [0, 0.05) is 35.4 Å². The number of rotatable bonds is 7. The molecule has 0 aliphatic rings. The number of nitrogens with one attached hydrogen (secondary N) is 1. The smallest absolute Gasteiger partial charge is 0.320 e. The van der Waals surface area contributed by atoms with Crippen molar-refractivity contribution in [2.45, 2.75) is 24.9 Å². The van der Waals surface area contributed by atoms with Gasteiger partial charge in [0.2, 0.25) is 0 Å². The van der Waals surface area contributed by atoms with Crippen LogP contribution in [0.15, 0.2) is 12.5 Å². The maximum absolute atomic E-state index is 10.3. The van der Waals surface area contributed by atoms with Crippen LogP contribution >= 0.6 is 11.8 Å². The van der Waals surface area contributed by atoms with Gasteiger partial charge in [-0.2, -0.15) is 11.8 Å². The number of hydrogen-bond acceptors (Lipinski definition) is 6. The normalized spacial score (nSPS) is 12.3. The zero-order valence-corrected chi connectivity index (χ0v) is 13.2. The van der Waals surface area contributed by atoms with Gasteiger partial charge in [0.1, 0.15) is 12.1 Å². The summed E-state index contributed by atoms with van der Waals surface area (Å²) in [5.74, 6) is -1.10. The van der Waals surface area contributed by atoms with E-state index in [1.165, 1.54) is 6.33 Å². The van der Waals surface area contributed by atoms with Crippen molar-refractivity contribution in [3.8, 4) is 0 Å². The van der Waals surface area contributed by atoms with Crippen LogP contribution in [0.25, 0.3) is 0 Å². The van der Waals surface area contributed by atoms with Crippen molar-refractivity contribution < 1.29 is 36.9 Å². The van der Waals surface area contributed by atoms with Gasteiger partial charge in [-0.1, -0.05) is 0 Å². The number of thioether (sulfide) groups is 1. The summed E-state index contributed by atoms with van der Waals surface area (Å²) in [5.41, 5.74) is 11.2. The third-order valence-corrected chi connectivity index (χ3v) is 2.91. The molecule has 1 aromatic rings. The number of aromatic nitrogens is 2. The molecule has 8 nitrogen and oxygen atoms in total. The summed E-state index contributed by atoms with van der Waals surface area (Å²) < 4.78 is 0. The monoisotopic (exact) mass is 367 g/mol. The molecule has 1 rings (SSSR count). The number of aromatic amines is 1. The summed E-state index contributed by atoms with van der Waals surface area (Å²) >= 11 is 1.60. The van der Waals surface area contributed by atoms with E-state index in [0.29, 0.717) is 6.42 Å². The van der Waals surface area contributed by atoms with Crippen LogP contribution in [-0.2, 0) is 33.1 Å². The molecular weight excluding hydrogens is 348 g/mol. The Morgan fingerprint density at radius 2 is 1.90 bits per heavy atom. The number of carboxylic acids is 2. The second-order valence-electron chi connectivity index (χ2n) is 3.95. The first-order valence-electron chi connectivity index (χ1n) is 5.81. The summed E-state index contributed by atoms with van der Waals surface area (Å²) in [6.07, 6.45) is 5.81. The average molecular weight is 368 g/mol. The van der Waals surface area contributed by atoms with Gasteiger partial charge in [0.15, 0.2) is 0 Å². The Labute approximate surface area is 137 Å². The van der Waals surface area contributed by atoms with Gasteiger partial charge < -0.3 is 26.7 Å². The molecule has 0 aliphatic carbocycles. The van der Waals surface area contributed by atoms with E-state index in [9.17, 15) is 9.59 Å². The molecule has 10 heteroatoms. The number of aliphatic carboxylic acids is 2. The van der Waals surface area contributed by atoms with Gasteiger partial charge in [0.25, 0.3) is 0 Å². The summed E-state index contributed by atoms with van der Waals surface area (Å²) in [7, 11) is 0. The zero-order valence-electron chi connectivity index (χ0n) is 11.5. The van der Waals surface area contributed by atoms with Crippen LogP contribution in [0.5, 0.6) is 0 Å². The first kappa shape index (κ1) is 22.2. The van der Waals surface area contributed by atoms with E-state index >= 15 is 0 Å². The Hall–Kier alpha value is -1.06. The van der Waals surface area contributed by atoms with Gasteiger partial charge in [0.05, 0.1) is 6.33 Å². The van der Waals surface area contributed by atoms with Crippen LogP contribution in [0, 0.1) is 0 Å². The molecule has 0 saturated heterocycles. The predicted molar refractivity (Wildman–Crippen MR) is 76.5 cm³/mol. The fraction of sp³-hybridized carbons (Fsp3) is 0.545. The fourth-order valence-corrected chi connectivity index (χ4v) is 1.58. The Kier molecular flexibility index (Phi) is 13.4. The summed E-state index contributed by atoms with van der Waals surface area (Å²) in [5, 5.41) is 16.7. The molecule has 21 heavy (non-hydrogen) atoms. The standard InChI is InChI=1S/C6H9N3O2.C5H11NO2S.Cu/c7-5(6(10)11)1-4-2-8-3-9-4;1-9-3-2-4(6)5(7)8;/h2-3,5H,1,7H2,(H,8,9)(H,10,11);4H,2-3,6H2,1H3,(H,7,8);. The van der Waals surface area contributed by atoms with Crippen LogP contribution < -0.4 is 11.5 Å². The van der Waals surface area contributed by atoms with Crippen LogP contribution in [0.4, 0.5) is 0 Å². The number of carbonyl (C=O) groups is 2. The fourth-order valence-electron chi connectivity index (χ4n) is 1.09. The van der Waals surface area contributed by atoms with Crippen molar-refractivity contribution >= 4 is 23.7 Å². The minimum absolute atomic E-state index is 0. The van der Waals surface area contributed by atoms with Gasteiger partial charge in [-0.25, -0.2) is 4.98 Å². The average Bonchev–Trinajstić information content (AvgIpc) is 2.89. The van der Waals surface area contributed by atoms with E-state index in [-0.39, 0.29) is 23.5 Å². The number of nitrogens with zero attached hydrogens (tertiary/aromatic N) is 1. The Morgan fingerprint density at radius 1 is 1.33 bits per heavy atom. The molecular formula is C11H20CuN4O4S. The molecule has 0 bridgehead atoms. The zero-order chi connectivity index (χ0) is 15.5. The SMILES string of the molecule is CSCCC(N)C(=O)O.NC(Cc1cnc[nH]1)C(=O)O.[Cu]. The number of imidazole rings is 1. The van der Waals surface area contributed by atoms with E-state index in [4.69, 9.17) is 21.7 Å². The molecule has 2 atom stereocenters. The second-order valence-corrected chi connectivity index (χ2v) is 4.94. The first-order valence-corrected chi connectivity index (χ1v) is 7.20. The minimum atomic E-state index is -1.00. The topological polar surface area (TPSA) is 155 Å². The van der Waals surface area contributed by atoms with Crippen molar-refractivity contribution in [1.29, 1.82) is 0 Å². The number of nitrogens with two attached hydrogens (primary N) is 2. The van der Waals surface area contributed by atoms with E-state index in [1.54, 1.807) is 18.0 Å². The van der Waals surface area contributed by atoms with Crippen LogP contribution in [0.3, 0.4) is 0 Å². The third-order valence-electron chi connectivity index (χ3n) is 2.26. The summed E-state index contributed by atoms with van der Waals surface area (Å²) in [4.78, 5) is 26.8. The van der Waals surface area contributed by atoms with Crippen LogP contribution in [0.2, 0.25) is 0 Å². The molecule has 0 aromatic carbocycles. The van der Waals surface area contributed by atoms with Gasteiger partial charge in [-0.3, -0.25) is 9.59 Å². The molecule has 7 N–H and O–H groups in total. The summed E-state index contributed by atoms with van der Waals surface area (Å²) in [6, 6.07) is -1.53. The maximum Gasteiger partial charge on any atom is 0.320 e. The Bertz CT molecular complexity index is 405. The first-order chi connectivity index (χ1) is 9.38. The van der Waals surface area contributed by atoms with Crippen LogP contribution in [0.1, 0.15) is 12.1 Å². The molecule has 2 unspecified atom stereocenters. The maximum atomic E-state index is 10.3. The molecule has 0 fully saturated rings. The van der Waals surface area contributed by atoms with Gasteiger partial charge in [-0.05, 0) is 18.4 Å². The van der Waals surface area contributed by atoms with Gasteiger partial charge in [-0.15, -0.1) is 0 Å². The van der Waals surface area contributed by atoms with E-state index in [1.807, 2.05) is 6.26 Å². The van der Waals surface area contributed by atoms with Crippen molar-refractivity contribution in [3.63, 3.8) is 0 Å². The Balaban J connectivity index is 0. The largest absolute Gasteiger partial charge is 0.480 e. The second kappa shape index (κ2) is 12.7. The van der Waals surface area contributed by atoms with Crippen molar-refractivity contribution in [3.05, 3.63) is 18.2 Å². The minimum Gasteiger partial charge on any atom is -0.480 e. The molecule has 0 aliphatic heterocycles. The predicted octanol–water partition coefficient (Wildman–Crippen LogP) is -0.487. The van der Waals surface area contributed by atoms with Crippen molar-refractivity contribution in [2.75, 3.05) is 12.0 Å². The number of carboxylic acid groups (broad SMARTS) is 2. The van der Waals surface area contributed by atoms with E-state index in [0.717, 1.165) is 11.4 Å². The molecule has 0 saturated carbocycles. The molecule has 0 amide bonds. The van der Waals surface area contributed by atoms with Crippen LogP contribution in [-0.4, -0.2) is 56.2 Å². The number of H-pyrrole nitrogens is 1. The Morgan fingerprint density at radius 3 is 2.29 bits per heavy atom. The van der Waals surface area contributed by atoms with E-state index in [2.05, 4.69) is 9.97 Å². The quantitative estimate of drug-likeness (QED) is 0.404.